The summed E-state index contributed by atoms with van der Waals surface area (Å²) >= 11 is 0. The second-order valence-corrected chi connectivity index (χ2v) is 4.13. The van der Waals surface area contributed by atoms with Gasteiger partial charge in [-0.05, 0) is 35.9 Å². The number of hydrogen-bond donors (Lipinski definition) is 1. The maximum Gasteiger partial charge on any atom is 0.328 e. The fourth-order valence-corrected chi connectivity index (χ4v) is 1.91. The Labute approximate surface area is 109 Å². The zero-order valence-electron chi connectivity index (χ0n) is 9.95. The highest BCUT2D eigenvalue weighted by molar-refractivity contribution is 5.89. The van der Waals surface area contributed by atoms with Gasteiger partial charge in [0, 0.05) is 6.08 Å². The molecule has 0 radical (unpaired) electrons. The number of benzene rings is 2. The van der Waals surface area contributed by atoms with Crippen LogP contribution in [0.2, 0.25) is 0 Å². The molecule has 19 heavy (non-hydrogen) atoms. The van der Waals surface area contributed by atoms with Crippen LogP contribution in [0.3, 0.4) is 0 Å². The number of para-hydroxylation sites is 2. The van der Waals surface area contributed by atoms with Gasteiger partial charge in [0.15, 0.2) is 0 Å². The lowest BCUT2D eigenvalue weighted by atomic mass is 10.1. The van der Waals surface area contributed by atoms with Gasteiger partial charge in [-0.3, -0.25) is 0 Å². The Bertz CT molecular complexity index is 809. The first-order valence-corrected chi connectivity index (χ1v) is 5.80. The molecule has 0 aliphatic heterocycles. The first kappa shape index (κ1) is 11.3. The van der Waals surface area contributed by atoms with Crippen LogP contribution < -0.4 is 0 Å². The molecule has 1 aromatic heterocycles. The quantitative estimate of drug-likeness (QED) is 0.561. The van der Waals surface area contributed by atoms with E-state index in [4.69, 9.17) is 5.11 Å². The minimum Gasteiger partial charge on any atom is -0.478 e. The number of carboxylic acids is 1. The van der Waals surface area contributed by atoms with E-state index < -0.39 is 5.97 Å². The van der Waals surface area contributed by atoms with Crippen molar-refractivity contribution in [2.45, 2.75) is 0 Å². The lowest BCUT2D eigenvalue weighted by molar-refractivity contribution is -0.131. The van der Waals surface area contributed by atoms with E-state index in [1.165, 1.54) is 0 Å². The second-order valence-electron chi connectivity index (χ2n) is 4.13. The van der Waals surface area contributed by atoms with Gasteiger partial charge in [-0.15, -0.1) is 0 Å². The summed E-state index contributed by atoms with van der Waals surface area (Å²) in [5.74, 6) is -0.968. The number of fused-ring (bicyclic) bond motifs is 2. The van der Waals surface area contributed by atoms with Gasteiger partial charge in [-0.25, -0.2) is 14.8 Å². The molecule has 0 fully saturated rings. The van der Waals surface area contributed by atoms with E-state index in [0.717, 1.165) is 33.7 Å². The fraction of sp³-hybridized carbons (Fsp3) is 0. The van der Waals surface area contributed by atoms with Crippen molar-refractivity contribution in [2.24, 2.45) is 0 Å². The number of hydrogen-bond acceptors (Lipinski definition) is 3. The van der Waals surface area contributed by atoms with Crippen molar-refractivity contribution in [3.05, 3.63) is 54.1 Å². The van der Waals surface area contributed by atoms with Gasteiger partial charge in [-0.1, -0.05) is 18.2 Å². The molecule has 4 heteroatoms. The molecule has 0 aliphatic carbocycles. The molecule has 3 rings (SSSR count). The van der Waals surface area contributed by atoms with E-state index in [9.17, 15) is 4.79 Å². The summed E-state index contributed by atoms with van der Waals surface area (Å²) in [7, 11) is 0. The third-order valence-electron chi connectivity index (χ3n) is 2.78. The van der Waals surface area contributed by atoms with Crippen LogP contribution in [-0.4, -0.2) is 21.0 Å². The molecule has 0 aliphatic rings. The molecule has 1 N–H and O–H groups in total. The Balaban J connectivity index is 2.16. The van der Waals surface area contributed by atoms with Crippen molar-refractivity contribution < 1.29 is 9.90 Å². The third kappa shape index (κ3) is 2.28. The standard InChI is InChI=1S/C15H10N2O2/c18-15(19)8-6-10-5-7-13-14(9-10)17-12-4-2-1-3-11(12)16-13/h1-9H,(H,18,19). The zero-order valence-corrected chi connectivity index (χ0v) is 9.95. The molecular weight excluding hydrogens is 240 g/mol. The van der Waals surface area contributed by atoms with Gasteiger partial charge in [0.1, 0.15) is 0 Å². The summed E-state index contributed by atoms with van der Waals surface area (Å²) in [6, 6.07) is 13.2. The van der Waals surface area contributed by atoms with E-state index in [-0.39, 0.29) is 0 Å². The molecule has 0 amide bonds. The number of carboxylic acid groups (broad SMARTS) is 1. The van der Waals surface area contributed by atoms with E-state index in [2.05, 4.69) is 9.97 Å². The van der Waals surface area contributed by atoms with Crippen molar-refractivity contribution in [1.82, 2.24) is 9.97 Å². The summed E-state index contributed by atoms with van der Waals surface area (Å²) in [6.07, 6.45) is 2.65. The SMILES string of the molecule is O=C(O)C=Cc1ccc2nc3ccccc3nc2c1. The van der Waals surface area contributed by atoms with Crippen LogP contribution in [0.15, 0.2) is 48.5 Å². The Hall–Kier alpha value is -2.75. The number of aliphatic carboxylic acids is 1. The molecule has 0 unspecified atom stereocenters. The molecular formula is C15H10N2O2. The Morgan fingerprint density at radius 1 is 0.947 bits per heavy atom. The highest BCUT2D eigenvalue weighted by atomic mass is 16.4. The van der Waals surface area contributed by atoms with Crippen LogP contribution in [-0.2, 0) is 4.79 Å². The van der Waals surface area contributed by atoms with Gasteiger partial charge in [-0.2, -0.15) is 0 Å². The van der Waals surface area contributed by atoms with E-state index in [1.807, 2.05) is 42.5 Å². The molecule has 0 atom stereocenters. The third-order valence-corrected chi connectivity index (χ3v) is 2.78. The van der Waals surface area contributed by atoms with Crippen molar-refractivity contribution in [1.29, 1.82) is 0 Å². The number of carbonyl (C=O) groups is 1. The molecule has 0 bridgehead atoms. The van der Waals surface area contributed by atoms with Crippen LogP contribution in [0.4, 0.5) is 0 Å². The summed E-state index contributed by atoms with van der Waals surface area (Å²) < 4.78 is 0. The van der Waals surface area contributed by atoms with E-state index in [0.29, 0.717) is 0 Å². The van der Waals surface area contributed by atoms with Crippen LogP contribution >= 0.6 is 0 Å². The molecule has 2 aromatic carbocycles. The topological polar surface area (TPSA) is 63.1 Å². The number of rotatable bonds is 2. The smallest absolute Gasteiger partial charge is 0.328 e. The van der Waals surface area contributed by atoms with Gasteiger partial charge in [0.05, 0.1) is 22.1 Å². The van der Waals surface area contributed by atoms with Crippen molar-refractivity contribution in [3.63, 3.8) is 0 Å². The van der Waals surface area contributed by atoms with Crippen molar-refractivity contribution in [2.75, 3.05) is 0 Å². The summed E-state index contributed by atoms with van der Waals surface area (Å²) in [5, 5.41) is 8.61. The van der Waals surface area contributed by atoms with Gasteiger partial charge < -0.3 is 5.11 Å². The zero-order chi connectivity index (χ0) is 13.2. The Morgan fingerprint density at radius 3 is 2.26 bits per heavy atom. The normalized spacial score (nSPS) is 11.4. The summed E-state index contributed by atoms with van der Waals surface area (Å²) in [4.78, 5) is 19.5. The highest BCUT2D eigenvalue weighted by Crippen LogP contribution is 2.17. The Kier molecular flexibility index (Phi) is 2.68. The number of nitrogens with zero attached hydrogens (tertiary/aromatic N) is 2. The van der Waals surface area contributed by atoms with Crippen molar-refractivity contribution in [3.8, 4) is 0 Å². The maximum absolute atomic E-state index is 10.5. The summed E-state index contributed by atoms with van der Waals surface area (Å²) in [6.45, 7) is 0. The molecule has 0 saturated heterocycles. The van der Waals surface area contributed by atoms with Gasteiger partial charge >= 0.3 is 5.97 Å². The van der Waals surface area contributed by atoms with Crippen LogP contribution in [0.5, 0.6) is 0 Å². The maximum atomic E-state index is 10.5. The fourth-order valence-electron chi connectivity index (χ4n) is 1.91. The second kappa shape index (κ2) is 4.49. The molecule has 0 spiro atoms. The minimum atomic E-state index is -0.968. The highest BCUT2D eigenvalue weighted by Gasteiger charge is 2.01. The molecule has 3 aromatic rings. The van der Waals surface area contributed by atoms with Crippen LogP contribution in [0.1, 0.15) is 5.56 Å². The van der Waals surface area contributed by atoms with Crippen molar-refractivity contribution >= 4 is 34.1 Å². The van der Waals surface area contributed by atoms with E-state index in [1.54, 1.807) is 6.08 Å². The molecule has 1 heterocycles. The molecule has 4 nitrogen and oxygen atoms in total. The minimum absolute atomic E-state index is 0.756. The average molecular weight is 250 g/mol. The number of aromatic nitrogens is 2. The first-order chi connectivity index (χ1) is 9.22. The predicted octanol–water partition coefficient (Wildman–Crippen LogP) is 2.88. The van der Waals surface area contributed by atoms with Crippen LogP contribution in [0, 0.1) is 0 Å². The molecule has 92 valence electrons. The summed E-state index contributed by atoms with van der Waals surface area (Å²) in [5.41, 5.74) is 4.02. The lowest BCUT2D eigenvalue weighted by Crippen LogP contribution is -1.88. The van der Waals surface area contributed by atoms with Gasteiger partial charge in [0.2, 0.25) is 0 Å². The van der Waals surface area contributed by atoms with Crippen LogP contribution in [0.25, 0.3) is 28.1 Å². The lowest BCUT2D eigenvalue weighted by Gasteiger charge is -2.01. The monoisotopic (exact) mass is 250 g/mol. The predicted molar refractivity (Wildman–Crippen MR) is 73.7 cm³/mol. The largest absolute Gasteiger partial charge is 0.478 e. The first-order valence-electron chi connectivity index (χ1n) is 5.80. The van der Waals surface area contributed by atoms with E-state index >= 15 is 0 Å². The molecule has 0 saturated carbocycles. The van der Waals surface area contributed by atoms with Gasteiger partial charge in [0.25, 0.3) is 0 Å². The average Bonchev–Trinajstić information content (AvgIpc) is 2.42. The Morgan fingerprint density at radius 2 is 1.58 bits per heavy atom.